The fraction of sp³-hybridized carbons (Fsp3) is 0.467. The average molecular weight is 293 g/mol. The molecule has 1 fully saturated rings. The molecular formula is C15H19NO5. The number of hydrogen-bond donors (Lipinski definition) is 2. The van der Waals surface area contributed by atoms with Gasteiger partial charge in [-0.05, 0) is 31.0 Å². The molecule has 1 saturated heterocycles. The molecule has 1 aliphatic heterocycles. The molecule has 2 N–H and O–H groups in total. The zero-order valence-electron chi connectivity index (χ0n) is 11.9. The third kappa shape index (κ3) is 4.19. The molecule has 1 unspecified atom stereocenters. The van der Waals surface area contributed by atoms with Crippen molar-refractivity contribution in [3.05, 3.63) is 29.8 Å². The molecule has 0 bridgehead atoms. The Balaban J connectivity index is 2.04. The highest BCUT2D eigenvalue weighted by atomic mass is 16.5. The van der Waals surface area contributed by atoms with Gasteiger partial charge in [0.1, 0.15) is 12.4 Å². The summed E-state index contributed by atoms with van der Waals surface area (Å²) in [7, 11) is 0. The van der Waals surface area contributed by atoms with Crippen LogP contribution in [0, 0.1) is 0 Å². The normalized spacial score (nSPS) is 22.3. The van der Waals surface area contributed by atoms with Crippen molar-refractivity contribution in [1.82, 2.24) is 4.90 Å². The number of phenols is 1. The number of carboxylic acids is 1. The van der Waals surface area contributed by atoms with Crippen LogP contribution in [0.15, 0.2) is 24.3 Å². The number of carboxylic acid groups (broad SMARTS) is 1. The van der Waals surface area contributed by atoms with Gasteiger partial charge in [-0.3, -0.25) is 9.59 Å². The molecule has 1 atom stereocenters. The number of aliphatic carboxylic acids is 1. The first-order valence-corrected chi connectivity index (χ1v) is 6.79. The Kier molecular flexibility index (Phi) is 4.47. The average Bonchev–Trinajstić information content (AvgIpc) is 2.41. The second kappa shape index (κ2) is 6.13. The quantitative estimate of drug-likeness (QED) is 0.856. The molecular weight excluding hydrogens is 274 g/mol. The van der Waals surface area contributed by atoms with Gasteiger partial charge < -0.3 is 19.8 Å². The molecule has 0 spiro atoms. The van der Waals surface area contributed by atoms with Gasteiger partial charge >= 0.3 is 5.97 Å². The third-order valence-corrected chi connectivity index (χ3v) is 3.57. The summed E-state index contributed by atoms with van der Waals surface area (Å²) in [5.74, 6) is -0.857. The lowest BCUT2D eigenvalue weighted by atomic mass is 9.97. The minimum atomic E-state index is -0.878. The predicted octanol–water partition coefficient (Wildman–Crippen LogP) is 1.37. The number of hydrogen-bond acceptors (Lipinski definition) is 4. The maximum Gasteiger partial charge on any atom is 0.303 e. The monoisotopic (exact) mass is 293 g/mol. The SMILES string of the molecule is CC1(CCC(=O)O)CN(Cc2cccc(O)c2)C(=O)CO1. The van der Waals surface area contributed by atoms with Gasteiger partial charge in [0.05, 0.1) is 5.60 Å². The number of ether oxygens (including phenoxy) is 1. The number of phenolic OH excluding ortho intramolecular Hbond substituents is 1. The van der Waals surface area contributed by atoms with Gasteiger partial charge in [0.2, 0.25) is 5.91 Å². The highest BCUT2D eigenvalue weighted by Crippen LogP contribution is 2.25. The van der Waals surface area contributed by atoms with E-state index in [-0.39, 0.29) is 24.7 Å². The number of morpholine rings is 1. The van der Waals surface area contributed by atoms with E-state index in [2.05, 4.69) is 0 Å². The maximum absolute atomic E-state index is 11.9. The van der Waals surface area contributed by atoms with E-state index in [0.717, 1.165) is 5.56 Å². The summed E-state index contributed by atoms with van der Waals surface area (Å²) in [4.78, 5) is 24.3. The fourth-order valence-corrected chi connectivity index (χ4v) is 2.41. The molecule has 1 aromatic carbocycles. The van der Waals surface area contributed by atoms with E-state index >= 15 is 0 Å². The first-order valence-electron chi connectivity index (χ1n) is 6.79. The maximum atomic E-state index is 11.9. The predicted molar refractivity (Wildman–Crippen MR) is 74.8 cm³/mol. The van der Waals surface area contributed by atoms with Crippen LogP contribution in [-0.4, -0.2) is 45.7 Å². The van der Waals surface area contributed by atoms with Crippen LogP contribution in [0.5, 0.6) is 5.75 Å². The summed E-state index contributed by atoms with van der Waals surface area (Å²) in [5.41, 5.74) is 0.175. The van der Waals surface area contributed by atoms with Crippen LogP contribution in [-0.2, 0) is 20.9 Å². The molecule has 2 rings (SSSR count). The van der Waals surface area contributed by atoms with Gasteiger partial charge in [-0.1, -0.05) is 12.1 Å². The van der Waals surface area contributed by atoms with Crippen molar-refractivity contribution in [3.8, 4) is 5.75 Å². The highest BCUT2D eigenvalue weighted by molar-refractivity contribution is 5.78. The van der Waals surface area contributed by atoms with E-state index < -0.39 is 11.6 Å². The molecule has 1 heterocycles. The van der Waals surface area contributed by atoms with Crippen molar-refractivity contribution in [2.45, 2.75) is 31.9 Å². The summed E-state index contributed by atoms with van der Waals surface area (Å²) in [6.45, 7) is 2.49. The number of rotatable bonds is 5. The minimum absolute atomic E-state index is 0.00462. The van der Waals surface area contributed by atoms with E-state index in [1.165, 1.54) is 0 Å². The topological polar surface area (TPSA) is 87.1 Å². The van der Waals surface area contributed by atoms with E-state index in [1.807, 2.05) is 13.0 Å². The molecule has 0 aromatic heterocycles. The number of benzene rings is 1. The Morgan fingerprint density at radius 3 is 2.90 bits per heavy atom. The third-order valence-electron chi connectivity index (χ3n) is 3.57. The second-order valence-corrected chi connectivity index (χ2v) is 5.55. The van der Waals surface area contributed by atoms with Crippen molar-refractivity contribution in [2.24, 2.45) is 0 Å². The van der Waals surface area contributed by atoms with Gasteiger partial charge in [0.15, 0.2) is 0 Å². The van der Waals surface area contributed by atoms with E-state index in [4.69, 9.17) is 9.84 Å². The molecule has 0 radical (unpaired) electrons. The number of aromatic hydroxyl groups is 1. The Morgan fingerprint density at radius 2 is 2.24 bits per heavy atom. The van der Waals surface area contributed by atoms with Crippen molar-refractivity contribution in [1.29, 1.82) is 0 Å². The van der Waals surface area contributed by atoms with Crippen molar-refractivity contribution >= 4 is 11.9 Å². The summed E-state index contributed by atoms with van der Waals surface area (Å²) in [5, 5.41) is 18.2. The Morgan fingerprint density at radius 1 is 1.48 bits per heavy atom. The number of nitrogens with zero attached hydrogens (tertiary/aromatic N) is 1. The summed E-state index contributed by atoms with van der Waals surface area (Å²) < 4.78 is 5.52. The zero-order chi connectivity index (χ0) is 15.5. The molecule has 1 aromatic rings. The van der Waals surface area contributed by atoms with Crippen LogP contribution in [0.25, 0.3) is 0 Å². The summed E-state index contributed by atoms with van der Waals surface area (Å²) >= 11 is 0. The van der Waals surface area contributed by atoms with Crippen molar-refractivity contribution < 1.29 is 24.5 Å². The van der Waals surface area contributed by atoms with E-state index in [9.17, 15) is 14.7 Å². The molecule has 6 nitrogen and oxygen atoms in total. The molecule has 1 amide bonds. The minimum Gasteiger partial charge on any atom is -0.508 e. The second-order valence-electron chi connectivity index (χ2n) is 5.55. The van der Waals surface area contributed by atoms with Crippen molar-refractivity contribution in [2.75, 3.05) is 13.2 Å². The van der Waals surface area contributed by atoms with Crippen LogP contribution < -0.4 is 0 Å². The van der Waals surface area contributed by atoms with Crippen LogP contribution in [0.4, 0.5) is 0 Å². The van der Waals surface area contributed by atoms with Gasteiger partial charge in [-0.15, -0.1) is 0 Å². The molecule has 0 saturated carbocycles. The largest absolute Gasteiger partial charge is 0.508 e. The highest BCUT2D eigenvalue weighted by Gasteiger charge is 2.36. The Hall–Kier alpha value is -2.08. The van der Waals surface area contributed by atoms with Gasteiger partial charge in [0.25, 0.3) is 0 Å². The van der Waals surface area contributed by atoms with Crippen LogP contribution in [0.2, 0.25) is 0 Å². The smallest absolute Gasteiger partial charge is 0.303 e. The molecule has 6 heteroatoms. The lowest BCUT2D eigenvalue weighted by Gasteiger charge is -2.40. The van der Waals surface area contributed by atoms with Gasteiger partial charge in [-0.2, -0.15) is 0 Å². The van der Waals surface area contributed by atoms with Gasteiger partial charge in [0, 0.05) is 19.5 Å². The number of carbonyl (C=O) groups excluding carboxylic acids is 1. The van der Waals surface area contributed by atoms with Gasteiger partial charge in [-0.25, -0.2) is 0 Å². The molecule has 0 aliphatic carbocycles. The van der Waals surface area contributed by atoms with E-state index in [1.54, 1.807) is 23.1 Å². The van der Waals surface area contributed by atoms with Crippen LogP contribution >= 0.6 is 0 Å². The summed E-state index contributed by atoms with van der Waals surface area (Å²) in [6, 6.07) is 6.73. The van der Waals surface area contributed by atoms with Crippen LogP contribution in [0.1, 0.15) is 25.3 Å². The lowest BCUT2D eigenvalue weighted by Crippen LogP contribution is -2.52. The fourth-order valence-electron chi connectivity index (χ4n) is 2.41. The first kappa shape index (κ1) is 15.3. The number of carbonyl (C=O) groups is 2. The Bertz CT molecular complexity index is 545. The number of amides is 1. The first-order chi connectivity index (χ1) is 9.88. The molecule has 114 valence electrons. The van der Waals surface area contributed by atoms with Crippen LogP contribution in [0.3, 0.4) is 0 Å². The standard InChI is InChI=1S/C15H19NO5/c1-15(6-5-14(19)20)10-16(13(18)9-21-15)8-11-3-2-4-12(17)7-11/h2-4,7,17H,5-6,8-10H2,1H3,(H,19,20). The Labute approximate surface area is 122 Å². The lowest BCUT2D eigenvalue weighted by molar-refractivity contribution is -0.164. The summed E-state index contributed by atoms with van der Waals surface area (Å²) in [6.07, 6.45) is 0.358. The molecule has 21 heavy (non-hydrogen) atoms. The zero-order valence-corrected chi connectivity index (χ0v) is 11.9. The van der Waals surface area contributed by atoms with Crippen molar-refractivity contribution in [3.63, 3.8) is 0 Å². The molecule has 1 aliphatic rings. The van der Waals surface area contributed by atoms with E-state index in [0.29, 0.717) is 19.5 Å².